The first-order valence-electron chi connectivity index (χ1n) is 3.62. The van der Waals surface area contributed by atoms with Crippen molar-refractivity contribution in [1.29, 1.82) is 5.26 Å². The van der Waals surface area contributed by atoms with Crippen LogP contribution in [-0.4, -0.2) is 25.5 Å². The van der Waals surface area contributed by atoms with Gasteiger partial charge in [0.2, 0.25) is 0 Å². The maximum atomic E-state index is 10.9. The highest BCUT2D eigenvalue weighted by Gasteiger charge is 2.18. The molecule has 1 aromatic heterocycles. The van der Waals surface area contributed by atoms with Crippen LogP contribution in [0, 0.1) is 11.3 Å². The van der Waals surface area contributed by atoms with E-state index >= 15 is 0 Å². The summed E-state index contributed by atoms with van der Waals surface area (Å²) < 4.78 is 30.1. The van der Waals surface area contributed by atoms with Crippen molar-refractivity contribution in [2.45, 2.75) is 0 Å². The van der Waals surface area contributed by atoms with Gasteiger partial charge in [0.25, 0.3) is 5.88 Å². The lowest BCUT2D eigenvalue weighted by molar-refractivity contribution is 0.326. The molecule has 0 aliphatic heterocycles. The van der Waals surface area contributed by atoms with Gasteiger partial charge in [-0.3, -0.25) is 0 Å². The molecular formula is C6H5ClN4O4S. The Hall–Kier alpha value is -1.63. The molecular weight excluding hydrogens is 260 g/mol. The molecule has 0 amide bonds. The lowest BCUT2D eigenvalue weighted by Gasteiger charge is -2.05. The van der Waals surface area contributed by atoms with E-state index in [4.69, 9.17) is 22.6 Å². The maximum Gasteiger partial charge on any atom is 0.450 e. The third kappa shape index (κ3) is 2.69. The summed E-state index contributed by atoms with van der Waals surface area (Å²) in [4.78, 5) is 6.94. The third-order valence-electron chi connectivity index (χ3n) is 1.34. The van der Waals surface area contributed by atoms with Crippen LogP contribution in [0.15, 0.2) is 0 Å². The van der Waals surface area contributed by atoms with Crippen molar-refractivity contribution < 1.29 is 16.8 Å². The minimum Gasteiger partial charge on any atom is -0.381 e. The first kappa shape index (κ1) is 12.4. The van der Waals surface area contributed by atoms with Crippen LogP contribution in [0.25, 0.3) is 0 Å². The van der Waals surface area contributed by atoms with E-state index in [0.29, 0.717) is 0 Å². The van der Waals surface area contributed by atoms with Gasteiger partial charge in [0, 0.05) is 0 Å². The molecule has 1 rings (SSSR count). The Balaban J connectivity index is 3.19. The smallest absolute Gasteiger partial charge is 0.381 e. The van der Waals surface area contributed by atoms with Crippen LogP contribution >= 0.6 is 11.6 Å². The van der Waals surface area contributed by atoms with Crippen LogP contribution in [0.3, 0.4) is 0 Å². The topological polar surface area (TPSA) is 128 Å². The van der Waals surface area contributed by atoms with Crippen LogP contribution in [-0.2, 0) is 14.6 Å². The van der Waals surface area contributed by atoms with Crippen molar-refractivity contribution in [3.8, 4) is 11.9 Å². The Morgan fingerprint density at radius 2 is 2.12 bits per heavy atom. The van der Waals surface area contributed by atoms with Crippen LogP contribution in [0.1, 0.15) is 5.69 Å². The lowest BCUT2D eigenvalue weighted by Crippen LogP contribution is -2.13. The summed E-state index contributed by atoms with van der Waals surface area (Å²) in [6.07, 6.45) is 0. The molecule has 16 heavy (non-hydrogen) atoms. The number of hydrogen-bond acceptors (Lipinski definition) is 8. The van der Waals surface area contributed by atoms with E-state index in [1.165, 1.54) is 0 Å². The second kappa shape index (κ2) is 4.48. The molecule has 0 unspecified atom stereocenters. The number of nitrogens with two attached hydrogens (primary N) is 1. The molecule has 0 saturated carbocycles. The number of nitrogen functional groups attached to an aromatic ring is 1. The molecule has 0 aromatic carbocycles. The lowest BCUT2D eigenvalue weighted by atomic mass is 10.4. The Morgan fingerprint density at radius 1 is 1.50 bits per heavy atom. The molecule has 0 saturated heterocycles. The van der Waals surface area contributed by atoms with Crippen LogP contribution in [0.2, 0.25) is 5.15 Å². The molecule has 0 atom stereocenters. The second-order valence-corrected chi connectivity index (χ2v) is 4.00. The van der Waals surface area contributed by atoms with Gasteiger partial charge in [0.1, 0.15) is 6.07 Å². The summed E-state index contributed by atoms with van der Waals surface area (Å²) in [7, 11) is -3.36. The van der Waals surface area contributed by atoms with E-state index in [1.54, 1.807) is 6.07 Å². The average molecular weight is 265 g/mol. The molecule has 10 heteroatoms. The number of rotatable bonds is 3. The van der Waals surface area contributed by atoms with Crippen molar-refractivity contribution in [3.05, 3.63) is 10.8 Å². The van der Waals surface area contributed by atoms with Crippen molar-refractivity contribution in [2.75, 3.05) is 12.8 Å². The van der Waals surface area contributed by atoms with E-state index in [0.717, 1.165) is 7.11 Å². The van der Waals surface area contributed by atoms with E-state index in [2.05, 4.69) is 18.3 Å². The van der Waals surface area contributed by atoms with E-state index < -0.39 is 21.4 Å². The van der Waals surface area contributed by atoms with Crippen molar-refractivity contribution in [1.82, 2.24) is 9.97 Å². The molecule has 8 nitrogen and oxygen atoms in total. The van der Waals surface area contributed by atoms with Gasteiger partial charge in [-0.25, -0.2) is 9.17 Å². The number of nitrogens with zero attached hydrogens (tertiary/aromatic N) is 3. The van der Waals surface area contributed by atoms with Crippen molar-refractivity contribution >= 4 is 27.8 Å². The molecule has 0 aliphatic carbocycles. The molecule has 0 fully saturated rings. The van der Waals surface area contributed by atoms with Gasteiger partial charge in [0.05, 0.1) is 7.11 Å². The van der Waals surface area contributed by atoms with Gasteiger partial charge in [-0.1, -0.05) is 11.6 Å². The standard InChI is InChI=1S/C6H5ClN4O4S/c1-14-16(12,13)15-6-4(7)10-3(2-8)5(9)11-6/h1H3,(H2,9,11). The van der Waals surface area contributed by atoms with Gasteiger partial charge < -0.3 is 9.92 Å². The Labute approximate surface area is 95.9 Å². The summed E-state index contributed by atoms with van der Waals surface area (Å²) in [5, 5.41) is 8.13. The van der Waals surface area contributed by atoms with Crippen LogP contribution in [0.4, 0.5) is 5.82 Å². The van der Waals surface area contributed by atoms with E-state index in [1.807, 2.05) is 0 Å². The predicted octanol–water partition coefficient (Wildman–Crippen LogP) is -0.146. The highest BCUT2D eigenvalue weighted by Crippen LogP contribution is 2.23. The fraction of sp³-hybridized carbons (Fsp3) is 0.167. The zero-order valence-electron chi connectivity index (χ0n) is 7.84. The SMILES string of the molecule is COS(=O)(=O)Oc1nc(N)c(C#N)nc1Cl. The van der Waals surface area contributed by atoms with Gasteiger partial charge in [-0.15, -0.1) is 0 Å². The molecule has 1 heterocycles. The largest absolute Gasteiger partial charge is 0.450 e. The molecule has 0 radical (unpaired) electrons. The highest BCUT2D eigenvalue weighted by molar-refractivity contribution is 7.82. The number of hydrogen-bond donors (Lipinski definition) is 1. The Morgan fingerprint density at radius 3 is 2.62 bits per heavy atom. The summed E-state index contributed by atoms with van der Waals surface area (Å²) in [6.45, 7) is 0. The normalized spacial score (nSPS) is 10.8. The zero-order valence-corrected chi connectivity index (χ0v) is 9.41. The van der Waals surface area contributed by atoms with Crippen LogP contribution in [0.5, 0.6) is 5.88 Å². The van der Waals surface area contributed by atoms with Gasteiger partial charge >= 0.3 is 10.4 Å². The molecule has 86 valence electrons. The number of aromatic nitrogens is 2. The molecule has 2 N–H and O–H groups in total. The highest BCUT2D eigenvalue weighted by atomic mass is 35.5. The number of anilines is 1. The van der Waals surface area contributed by atoms with Gasteiger partial charge in [-0.05, 0) is 0 Å². The first-order valence-corrected chi connectivity index (χ1v) is 5.34. The predicted molar refractivity (Wildman–Crippen MR) is 52.7 cm³/mol. The minimum atomic E-state index is -4.26. The summed E-state index contributed by atoms with van der Waals surface area (Å²) in [6, 6.07) is 1.62. The first-order chi connectivity index (χ1) is 7.39. The molecule has 0 aliphatic rings. The Bertz CT molecular complexity index is 552. The Kier molecular flexibility index (Phi) is 3.48. The monoisotopic (exact) mass is 264 g/mol. The van der Waals surface area contributed by atoms with E-state index in [9.17, 15) is 8.42 Å². The average Bonchev–Trinajstić information content (AvgIpc) is 2.22. The second-order valence-electron chi connectivity index (χ2n) is 2.32. The maximum absolute atomic E-state index is 10.9. The van der Waals surface area contributed by atoms with Gasteiger partial charge in [0.15, 0.2) is 16.7 Å². The fourth-order valence-corrected chi connectivity index (χ4v) is 1.27. The van der Waals surface area contributed by atoms with E-state index in [-0.39, 0.29) is 11.5 Å². The molecule has 0 spiro atoms. The van der Waals surface area contributed by atoms with Crippen LogP contribution < -0.4 is 9.92 Å². The molecule has 1 aromatic rings. The quantitative estimate of drug-likeness (QED) is 0.798. The molecule has 0 bridgehead atoms. The minimum absolute atomic E-state index is 0.229. The number of nitriles is 1. The summed E-state index contributed by atoms with van der Waals surface area (Å²) in [5.41, 5.74) is 5.06. The summed E-state index contributed by atoms with van der Waals surface area (Å²) in [5.74, 6) is -0.854. The van der Waals surface area contributed by atoms with Gasteiger partial charge in [-0.2, -0.15) is 18.7 Å². The number of halogens is 1. The zero-order chi connectivity index (χ0) is 12.3. The third-order valence-corrected chi connectivity index (χ3v) is 2.36. The fourth-order valence-electron chi connectivity index (χ4n) is 0.678. The van der Waals surface area contributed by atoms with Crippen molar-refractivity contribution in [3.63, 3.8) is 0 Å². The van der Waals surface area contributed by atoms with Crippen molar-refractivity contribution in [2.24, 2.45) is 0 Å². The summed E-state index contributed by atoms with van der Waals surface area (Å²) >= 11 is 5.52.